The average molecular weight is 258 g/mol. The van der Waals surface area contributed by atoms with Crippen molar-refractivity contribution in [3.8, 4) is 0 Å². The number of fused-ring (bicyclic) bond motifs is 1. The Morgan fingerprint density at radius 1 is 0.667 bits per heavy atom. The Morgan fingerprint density at radius 3 is 1.33 bits per heavy atom. The van der Waals surface area contributed by atoms with Gasteiger partial charge >= 0.3 is 0 Å². The van der Waals surface area contributed by atoms with E-state index < -0.39 is 12.1 Å². The molecule has 0 aliphatic carbocycles. The van der Waals surface area contributed by atoms with E-state index in [1.165, 1.54) is 0 Å². The van der Waals surface area contributed by atoms with E-state index in [1.807, 2.05) is 0 Å². The van der Waals surface area contributed by atoms with Crippen LogP contribution >= 0.6 is 0 Å². The summed E-state index contributed by atoms with van der Waals surface area (Å²) in [6.45, 7) is 0.0956. The van der Waals surface area contributed by atoms with Crippen molar-refractivity contribution in [1.29, 1.82) is 0 Å². The molecule has 0 spiro atoms. The quantitative estimate of drug-likeness (QED) is 0.622. The van der Waals surface area contributed by atoms with Gasteiger partial charge in [0.1, 0.15) is 13.3 Å². The molecular weight excluding hydrogens is 248 g/mol. The number of hydrogen-bond acceptors (Lipinski definition) is 8. The van der Waals surface area contributed by atoms with Gasteiger partial charge in [-0.2, -0.15) is 0 Å². The molecule has 98 valence electrons. The van der Waals surface area contributed by atoms with Crippen molar-refractivity contribution < 1.29 is 0 Å². The summed E-state index contributed by atoms with van der Waals surface area (Å²) in [5.74, 6) is 0. The first-order valence-corrected chi connectivity index (χ1v) is 5.09. The van der Waals surface area contributed by atoms with Crippen LogP contribution in [0.5, 0.6) is 0 Å². The molecule has 2 rings (SSSR count). The second-order valence-corrected chi connectivity index (χ2v) is 4.00. The number of nitroso groups, excluding NO2 is 4. The molecule has 2 saturated heterocycles. The van der Waals surface area contributed by atoms with Crippen LogP contribution in [0, 0.1) is 19.6 Å². The molecule has 0 N–H and O–H groups in total. The van der Waals surface area contributed by atoms with Gasteiger partial charge in [-0.05, 0) is 0 Å². The molecule has 2 atom stereocenters. The highest BCUT2D eigenvalue weighted by Crippen LogP contribution is 2.25. The van der Waals surface area contributed by atoms with Crippen molar-refractivity contribution in [3.05, 3.63) is 19.6 Å². The Morgan fingerprint density at radius 2 is 1.06 bits per heavy atom. The first-order valence-electron chi connectivity index (χ1n) is 5.09. The minimum atomic E-state index is -0.537. The number of rotatable bonds is 4. The predicted molar refractivity (Wildman–Crippen MR) is 57.6 cm³/mol. The summed E-state index contributed by atoms with van der Waals surface area (Å²) < 4.78 is 0. The maximum absolute atomic E-state index is 10.7. The zero-order valence-electron chi connectivity index (χ0n) is 9.19. The van der Waals surface area contributed by atoms with Gasteiger partial charge in [-0.25, -0.2) is 20.0 Å². The Kier molecular flexibility index (Phi) is 3.25. The Bertz CT molecular complexity index is 331. The van der Waals surface area contributed by atoms with E-state index in [-0.39, 0.29) is 26.4 Å². The van der Waals surface area contributed by atoms with Crippen molar-refractivity contribution in [2.45, 2.75) is 12.1 Å². The van der Waals surface area contributed by atoms with Gasteiger partial charge in [0, 0.05) is 0 Å². The molecule has 0 aromatic heterocycles. The zero-order valence-corrected chi connectivity index (χ0v) is 9.19. The van der Waals surface area contributed by atoms with Gasteiger partial charge in [-0.3, -0.25) is 0 Å². The van der Waals surface area contributed by atoms with Gasteiger partial charge in [-0.15, -0.1) is 19.6 Å². The fourth-order valence-corrected chi connectivity index (χ4v) is 2.21. The molecule has 2 fully saturated rings. The molecule has 0 amide bonds. The molecule has 0 radical (unpaired) electrons. The zero-order chi connectivity index (χ0) is 13.1. The summed E-state index contributed by atoms with van der Waals surface area (Å²) in [4.78, 5) is 42.5. The van der Waals surface area contributed by atoms with Crippen molar-refractivity contribution in [1.82, 2.24) is 20.0 Å². The molecule has 2 aliphatic heterocycles. The molecule has 18 heavy (non-hydrogen) atoms. The van der Waals surface area contributed by atoms with Crippen LogP contribution in [0.2, 0.25) is 0 Å². The van der Waals surface area contributed by atoms with E-state index in [9.17, 15) is 19.6 Å². The molecule has 12 heteroatoms. The minimum absolute atomic E-state index is 0.0897. The molecule has 0 aromatic rings. The molecule has 0 aromatic carbocycles. The second kappa shape index (κ2) is 4.85. The molecule has 2 heterocycles. The van der Waals surface area contributed by atoms with Gasteiger partial charge in [0.2, 0.25) is 0 Å². The predicted octanol–water partition coefficient (Wildman–Crippen LogP) is -0.401. The van der Waals surface area contributed by atoms with Gasteiger partial charge in [0.25, 0.3) is 0 Å². The fraction of sp³-hybridized carbons (Fsp3) is 1.00. The van der Waals surface area contributed by atoms with Crippen LogP contribution in [0.4, 0.5) is 0 Å². The fourth-order valence-electron chi connectivity index (χ4n) is 2.21. The van der Waals surface area contributed by atoms with E-state index in [2.05, 4.69) is 21.1 Å². The van der Waals surface area contributed by atoms with Crippen molar-refractivity contribution >= 4 is 0 Å². The lowest BCUT2D eigenvalue weighted by Crippen LogP contribution is -2.67. The lowest BCUT2D eigenvalue weighted by atomic mass is 10.0. The number of nitrogens with zero attached hydrogens (tertiary/aromatic N) is 8. The van der Waals surface area contributed by atoms with E-state index >= 15 is 0 Å². The average Bonchev–Trinajstić information content (AvgIpc) is 2.44. The molecule has 0 saturated carbocycles. The van der Waals surface area contributed by atoms with Crippen LogP contribution in [0.3, 0.4) is 0 Å². The molecule has 12 nitrogen and oxygen atoms in total. The van der Waals surface area contributed by atoms with E-state index in [4.69, 9.17) is 0 Å². The largest absolute Gasteiger partial charge is 0.237 e. The Balaban J connectivity index is 2.23. The first kappa shape index (κ1) is 12.1. The highest BCUT2D eigenvalue weighted by Gasteiger charge is 2.44. The van der Waals surface area contributed by atoms with Crippen LogP contribution in [-0.4, -0.2) is 58.5 Å². The van der Waals surface area contributed by atoms with Crippen molar-refractivity contribution in [2.75, 3.05) is 26.4 Å². The van der Waals surface area contributed by atoms with Crippen LogP contribution in [0.25, 0.3) is 0 Å². The third kappa shape index (κ3) is 1.91. The smallest absolute Gasteiger partial charge is 0.130 e. The van der Waals surface area contributed by atoms with Crippen LogP contribution < -0.4 is 0 Å². The highest BCUT2D eigenvalue weighted by molar-refractivity contribution is 4.94. The molecule has 2 aliphatic rings. The standard InChI is InChI=1S/C6H10N8O4/c15-7-11-1-5-6(14(3-11)10-18)2-12(8-16)4-13(5)9-17/h5-6H,1-4H2/t5-,6-/m0/s1. The lowest BCUT2D eigenvalue weighted by molar-refractivity contribution is -0.0915. The maximum atomic E-state index is 10.7. The maximum Gasteiger partial charge on any atom is 0.130 e. The third-order valence-corrected chi connectivity index (χ3v) is 3.06. The molecular formula is C6H10N8O4. The van der Waals surface area contributed by atoms with E-state index in [0.717, 1.165) is 20.0 Å². The van der Waals surface area contributed by atoms with Crippen molar-refractivity contribution in [2.24, 2.45) is 21.1 Å². The summed E-state index contributed by atoms with van der Waals surface area (Å²) in [6.07, 6.45) is 0. The molecule has 0 unspecified atom stereocenters. The first-order chi connectivity index (χ1) is 8.73. The normalized spacial score (nSPS) is 27.6. The Hall–Kier alpha value is -2.40. The SMILES string of the molecule is O=NN1C[C@H]2[C@H](CN(N=O)CN2N=O)N(N=O)C1. The summed E-state index contributed by atoms with van der Waals surface area (Å²) in [7, 11) is 0. The molecule has 0 bridgehead atoms. The summed E-state index contributed by atoms with van der Waals surface area (Å²) >= 11 is 0. The lowest BCUT2D eigenvalue weighted by Gasteiger charge is -2.47. The van der Waals surface area contributed by atoms with Crippen molar-refractivity contribution in [3.63, 3.8) is 0 Å². The topological polar surface area (TPSA) is 131 Å². The third-order valence-electron chi connectivity index (χ3n) is 3.06. The second-order valence-electron chi connectivity index (χ2n) is 4.00. The van der Waals surface area contributed by atoms with Gasteiger partial charge < -0.3 is 0 Å². The van der Waals surface area contributed by atoms with Gasteiger partial charge in [-0.1, -0.05) is 0 Å². The highest BCUT2D eigenvalue weighted by atomic mass is 16.3. The van der Waals surface area contributed by atoms with Gasteiger partial charge in [0.05, 0.1) is 46.3 Å². The minimum Gasteiger partial charge on any atom is -0.237 e. The number of hydrogen-bond donors (Lipinski definition) is 0. The van der Waals surface area contributed by atoms with E-state index in [1.54, 1.807) is 0 Å². The monoisotopic (exact) mass is 258 g/mol. The summed E-state index contributed by atoms with van der Waals surface area (Å²) in [6, 6.07) is -1.07. The van der Waals surface area contributed by atoms with Crippen LogP contribution in [0.15, 0.2) is 21.1 Å². The summed E-state index contributed by atoms with van der Waals surface area (Å²) in [5.41, 5.74) is 0. The van der Waals surface area contributed by atoms with Crippen LogP contribution in [-0.2, 0) is 0 Å². The van der Waals surface area contributed by atoms with Crippen LogP contribution in [0.1, 0.15) is 0 Å². The summed E-state index contributed by atoms with van der Waals surface area (Å²) in [5, 5.41) is 15.2. The Labute approximate surface area is 100 Å². The van der Waals surface area contributed by atoms with E-state index in [0.29, 0.717) is 0 Å². The van der Waals surface area contributed by atoms with Gasteiger partial charge in [0.15, 0.2) is 0 Å².